The second kappa shape index (κ2) is 6.62. The van der Waals surface area contributed by atoms with Crippen molar-refractivity contribution in [2.45, 2.75) is 13.3 Å². The summed E-state index contributed by atoms with van der Waals surface area (Å²) in [5, 5.41) is 2.78. The standard InChI is InChI=1S/C16H18N2O3S/c1-3-12-7-9-14(10-8-12)17-16(19)13-5-4-6-15(11-13)18-22(2,20)21/h4-11,18H,3H2,1-2H3,(H,17,19). The van der Waals surface area contributed by atoms with Gasteiger partial charge in [-0.3, -0.25) is 9.52 Å². The van der Waals surface area contributed by atoms with Gasteiger partial charge in [-0.25, -0.2) is 8.42 Å². The highest BCUT2D eigenvalue weighted by atomic mass is 32.2. The van der Waals surface area contributed by atoms with Crippen molar-refractivity contribution in [2.75, 3.05) is 16.3 Å². The molecule has 2 N–H and O–H groups in total. The van der Waals surface area contributed by atoms with Crippen molar-refractivity contribution < 1.29 is 13.2 Å². The Bertz CT molecular complexity index is 768. The van der Waals surface area contributed by atoms with Crippen molar-refractivity contribution >= 4 is 27.3 Å². The lowest BCUT2D eigenvalue weighted by molar-refractivity contribution is 0.102. The Kier molecular flexibility index (Phi) is 4.82. The molecule has 22 heavy (non-hydrogen) atoms. The molecule has 0 aliphatic heterocycles. The molecule has 0 aliphatic rings. The SMILES string of the molecule is CCc1ccc(NC(=O)c2cccc(NS(C)(=O)=O)c2)cc1. The van der Waals surface area contributed by atoms with Gasteiger partial charge in [0.25, 0.3) is 5.91 Å². The molecule has 2 aromatic carbocycles. The van der Waals surface area contributed by atoms with Gasteiger partial charge in [0.2, 0.25) is 10.0 Å². The first-order valence-electron chi connectivity index (χ1n) is 6.85. The zero-order valence-corrected chi connectivity index (χ0v) is 13.3. The zero-order valence-electron chi connectivity index (χ0n) is 12.5. The first-order valence-corrected chi connectivity index (χ1v) is 8.74. The largest absolute Gasteiger partial charge is 0.322 e. The van der Waals surface area contributed by atoms with Crippen LogP contribution in [0.4, 0.5) is 11.4 Å². The lowest BCUT2D eigenvalue weighted by Gasteiger charge is -2.08. The van der Waals surface area contributed by atoms with Crippen LogP contribution >= 0.6 is 0 Å². The summed E-state index contributed by atoms with van der Waals surface area (Å²) in [5.41, 5.74) is 2.63. The molecule has 5 nitrogen and oxygen atoms in total. The lowest BCUT2D eigenvalue weighted by Crippen LogP contribution is -2.13. The van der Waals surface area contributed by atoms with Gasteiger partial charge >= 0.3 is 0 Å². The predicted octanol–water partition coefficient (Wildman–Crippen LogP) is 2.87. The van der Waals surface area contributed by atoms with Gasteiger partial charge in [-0.2, -0.15) is 0 Å². The van der Waals surface area contributed by atoms with E-state index in [4.69, 9.17) is 0 Å². The van der Waals surface area contributed by atoms with Crippen LogP contribution in [0.2, 0.25) is 0 Å². The van der Waals surface area contributed by atoms with Crippen molar-refractivity contribution in [3.8, 4) is 0 Å². The van der Waals surface area contributed by atoms with Crippen LogP contribution in [0.1, 0.15) is 22.8 Å². The molecule has 0 aliphatic carbocycles. The van der Waals surface area contributed by atoms with Crippen LogP contribution in [-0.2, 0) is 16.4 Å². The molecule has 6 heteroatoms. The van der Waals surface area contributed by atoms with Crippen LogP contribution in [0, 0.1) is 0 Å². The molecule has 0 heterocycles. The van der Waals surface area contributed by atoms with Crippen molar-refractivity contribution in [1.29, 1.82) is 0 Å². The maximum Gasteiger partial charge on any atom is 0.255 e. The van der Waals surface area contributed by atoms with Gasteiger partial charge in [0.15, 0.2) is 0 Å². The van der Waals surface area contributed by atoms with Crippen LogP contribution in [0.25, 0.3) is 0 Å². The Morgan fingerprint density at radius 1 is 1.05 bits per heavy atom. The monoisotopic (exact) mass is 318 g/mol. The molecule has 0 atom stereocenters. The molecule has 0 saturated heterocycles. The number of benzene rings is 2. The highest BCUT2D eigenvalue weighted by Crippen LogP contribution is 2.15. The third-order valence-corrected chi connectivity index (χ3v) is 3.65. The highest BCUT2D eigenvalue weighted by molar-refractivity contribution is 7.92. The summed E-state index contributed by atoms with van der Waals surface area (Å²) in [6, 6.07) is 13.9. The molecule has 1 amide bonds. The minimum atomic E-state index is -3.37. The normalized spacial score (nSPS) is 11.0. The number of aryl methyl sites for hydroxylation is 1. The number of amides is 1. The molecule has 0 aromatic heterocycles. The lowest BCUT2D eigenvalue weighted by atomic mass is 10.1. The number of rotatable bonds is 5. The Morgan fingerprint density at radius 3 is 2.32 bits per heavy atom. The van der Waals surface area contributed by atoms with E-state index < -0.39 is 10.0 Å². The molecule has 0 saturated carbocycles. The fourth-order valence-corrected chi connectivity index (χ4v) is 2.52. The summed E-state index contributed by atoms with van der Waals surface area (Å²) in [6.07, 6.45) is 2.00. The van der Waals surface area contributed by atoms with Gasteiger partial charge in [0.1, 0.15) is 0 Å². The molecule has 0 fully saturated rings. The van der Waals surface area contributed by atoms with Gasteiger partial charge in [0, 0.05) is 16.9 Å². The molecule has 0 radical (unpaired) electrons. The van der Waals surface area contributed by atoms with Gasteiger partial charge in [0.05, 0.1) is 6.26 Å². The smallest absolute Gasteiger partial charge is 0.255 e. The molecule has 0 spiro atoms. The van der Waals surface area contributed by atoms with Gasteiger partial charge in [-0.05, 0) is 42.3 Å². The van der Waals surface area contributed by atoms with Crippen LogP contribution in [0.3, 0.4) is 0 Å². The second-order valence-electron chi connectivity index (χ2n) is 4.96. The molecule has 0 unspecified atom stereocenters. The Hall–Kier alpha value is -2.34. The topological polar surface area (TPSA) is 75.3 Å². The number of sulfonamides is 1. The van der Waals surface area contributed by atoms with Crippen molar-refractivity contribution in [1.82, 2.24) is 0 Å². The van der Waals surface area contributed by atoms with Crippen LogP contribution in [0.15, 0.2) is 48.5 Å². The van der Waals surface area contributed by atoms with Crippen LogP contribution < -0.4 is 10.0 Å². The average molecular weight is 318 g/mol. The molecular weight excluding hydrogens is 300 g/mol. The quantitative estimate of drug-likeness (QED) is 0.890. The van der Waals surface area contributed by atoms with E-state index in [2.05, 4.69) is 17.0 Å². The molecular formula is C16H18N2O3S. The Labute approximate surface area is 130 Å². The van der Waals surface area contributed by atoms with Crippen molar-refractivity contribution in [3.05, 3.63) is 59.7 Å². The van der Waals surface area contributed by atoms with E-state index in [0.29, 0.717) is 16.9 Å². The molecule has 2 rings (SSSR count). The molecule has 116 valence electrons. The van der Waals surface area contributed by atoms with Crippen molar-refractivity contribution in [2.24, 2.45) is 0 Å². The minimum Gasteiger partial charge on any atom is -0.322 e. The predicted molar refractivity (Wildman–Crippen MR) is 88.7 cm³/mol. The van der Waals surface area contributed by atoms with Crippen LogP contribution in [0.5, 0.6) is 0 Å². The third-order valence-electron chi connectivity index (χ3n) is 3.05. The fraction of sp³-hybridized carbons (Fsp3) is 0.188. The second-order valence-corrected chi connectivity index (χ2v) is 6.71. The van der Waals surface area contributed by atoms with E-state index in [0.717, 1.165) is 12.7 Å². The summed E-state index contributed by atoms with van der Waals surface area (Å²) in [5.74, 6) is -0.290. The fourth-order valence-electron chi connectivity index (χ4n) is 1.97. The van der Waals surface area contributed by atoms with Crippen molar-refractivity contribution in [3.63, 3.8) is 0 Å². The third kappa shape index (κ3) is 4.60. The number of nitrogens with one attached hydrogen (secondary N) is 2. The summed E-state index contributed by atoms with van der Waals surface area (Å²) in [4.78, 5) is 12.2. The highest BCUT2D eigenvalue weighted by Gasteiger charge is 2.08. The first kappa shape index (κ1) is 16.0. The van der Waals surface area contributed by atoms with Gasteiger partial charge in [-0.15, -0.1) is 0 Å². The van der Waals surface area contributed by atoms with E-state index >= 15 is 0 Å². The number of hydrogen-bond acceptors (Lipinski definition) is 3. The molecule has 0 bridgehead atoms. The average Bonchev–Trinajstić information content (AvgIpc) is 2.46. The number of carbonyl (C=O) groups is 1. The van der Waals surface area contributed by atoms with E-state index in [1.165, 1.54) is 11.6 Å². The number of anilines is 2. The van der Waals surface area contributed by atoms with E-state index in [1.54, 1.807) is 18.2 Å². The number of carbonyl (C=O) groups excluding carboxylic acids is 1. The van der Waals surface area contributed by atoms with Crippen LogP contribution in [-0.4, -0.2) is 20.6 Å². The Morgan fingerprint density at radius 2 is 1.73 bits per heavy atom. The minimum absolute atomic E-state index is 0.290. The molecule has 2 aromatic rings. The van der Waals surface area contributed by atoms with Gasteiger partial charge < -0.3 is 5.32 Å². The maximum atomic E-state index is 12.2. The zero-order chi connectivity index (χ0) is 16.2. The summed E-state index contributed by atoms with van der Waals surface area (Å²) in [6.45, 7) is 2.06. The summed E-state index contributed by atoms with van der Waals surface area (Å²) < 4.78 is 24.8. The Balaban J connectivity index is 2.13. The van der Waals surface area contributed by atoms with E-state index in [1.807, 2.05) is 24.3 Å². The first-order chi connectivity index (χ1) is 10.4. The van der Waals surface area contributed by atoms with E-state index in [-0.39, 0.29) is 5.91 Å². The summed E-state index contributed by atoms with van der Waals surface area (Å²) >= 11 is 0. The number of hydrogen-bond donors (Lipinski definition) is 2. The maximum absolute atomic E-state index is 12.2. The summed E-state index contributed by atoms with van der Waals surface area (Å²) in [7, 11) is -3.37. The van der Waals surface area contributed by atoms with Gasteiger partial charge in [-0.1, -0.05) is 25.1 Å². The van der Waals surface area contributed by atoms with E-state index in [9.17, 15) is 13.2 Å².